The van der Waals surface area contributed by atoms with Crippen LogP contribution in [0.2, 0.25) is 0 Å². The molecule has 2 fully saturated rings. The summed E-state index contributed by atoms with van der Waals surface area (Å²) in [6.45, 7) is 6.43. The number of nitrogens with one attached hydrogen (secondary N) is 2. The van der Waals surface area contributed by atoms with Gasteiger partial charge < -0.3 is 24.7 Å². The van der Waals surface area contributed by atoms with Gasteiger partial charge in [0.2, 0.25) is 11.8 Å². The number of hydrogen-bond donors (Lipinski definition) is 2. The summed E-state index contributed by atoms with van der Waals surface area (Å²) in [5.74, 6) is 0.592. The van der Waals surface area contributed by atoms with Crippen molar-refractivity contribution in [2.75, 3.05) is 19.5 Å². The average Bonchev–Trinajstić information content (AvgIpc) is 3.43. The predicted octanol–water partition coefficient (Wildman–Crippen LogP) is 9.01. The Hall–Kier alpha value is -4.47. The molecule has 2 N–H and O–H groups in total. The number of carbonyl (C=O) groups excluding carboxylic acids is 2. The summed E-state index contributed by atoms with van der Waals surface area (Å²) >= 11 is 0. The number of halogens is 3. The smallest absolute Gasteiger partial charge is 0.416 e. The van der Waals surface area contributed by atoms with Crippen molar-refractivity contribution in [3.8, 4) is 11.5 Å². The molecular weight excluding hydrogens is 631 g/mol. The van der Waals surface area contributed by atoms with Crippen LogP contribution in [0.1, 0.15) is 80.7 Å². The van der Waals surface area contributed by atoms with Crippen molar-refractivity contribution in [1.29, 1.82) is 0 Å². The highest BCUT2D eigenvalue weighted by atomic mass is 19.4. The number of benzene rings is 3. The number of alkyl halides is 3. The Kier molecular flexibility index (Phi) is 9.19. The summed E-state index contributed by atoms with van der Waals surface area (Å²) in [7, 11) is 3.05. The summed E-state index contributed by atoms with van der Waals surface area (Å²) in [5, 5.41) is 4.20. The number of H-pyrrole nitrogens is 1. The van der Waals surface area contributed by atoms with Crippen LogP contribution < -0.4 is 14.8 Å². The SMILES string of the molecule is COc1ccc(NC(=O)C2(N(Cc3ccc(C(F)(F)F)cc3)C(=O)C[C@H]3[C@@H](c4c(C)[nH]c5ccccc45)C3(C)C)CCCCC2)c(OC)c1. The van der Waals surface area contributed by atoms with Crippen LogP contribution in [0.25, 0.3) is 10.9 Å². The topological polar surface area (TPSA) is 83.7 Å². The van der Waals surface area contributed by atoms with E-state index in [9.17, 15) is 22.8 Å². The molecule has 2 aliphatic rings. The van der Waals surface area contributed by atoms with Gasteiger partial charge in [0.25, 0.3) is 0 Å². The fraction of sp³-hybridized carbons (Fsp3) is 0.436. The third-order valence-corrected chi connectivity index (χ3v) is 10.9. The van der Waals surface area contributed by atoms with Crippen molar-refractivity contribution in [3.63, 3.8) is 0 Å². The number of aryl methyl sites for hydroxylation is 1. The van der Waals surface area contributed by atoms with E-state index in [-0.39, 0.29) is 42.0 Å². The zero-order valence-corrected chi connectivity index (χ0v) is 28.7. The van der Waals surface area contributed by atoms with Crippen LogP contribution in [0.4, 0.5) is 18.9 Å². The van der Waals surface area contributed by atoms with Gasteiger partial charge in [-0.1, -0.05) is 63.4 Å². The van der Waals surface area contributed by atoms with Gasteiger partial charge in [-0.25, -0.2) is 0 Å². The molecular formula is C39H44F3N3O4. The highest BCUT2D eigenvalue weighted by Crippen LogP contribution is 2.67. The number of fused-ring (bicyclic) bond motifs is 1. The van der Waals surface area contributed by atoms with Crippen LogP contribution >= 0.6 is 0 Å². The molecule has 0 aliphatic heterocycles. The molecule has 1 heterocycles. The van der Waals surface area contributed by atoms with E-state index in [0.717, 1.165) is 48.0 Å². The van der Waals surface area contributed by atoms with Crippen molar-refractivity contribution in [2.24, 2.45) is 11.3 Å². The van der Waals surface area contributed by atoms with Crippen molar-refractivity contribution >= 4 is 28.4 Å². The second-order valence-electron chi connectivity index (χ2n) is 14.1. The van der Waals surface area contributed by atoms with Gasteiger partial charge in [-0.05, 0) is 78.5 Å². The molecule has 3 aromatic carbocycles. The Bertz CT molecular complexity index is 1840. The van der Waals surface area contributed by atoms with Gasteiger partial charge in [0, 0.05) is 35.6 Å². The molecule has 0 spiro atoms. The van der Waals surface area contributed by atoms with Gasteiger partial charge in [-0.3, -0.25) is 9.59 Å². The first-order valence-corrected chi connectivity index (χ1v) is 16.9. The van der Waals surface area contributed by atoms with Crippen molar-refractivity contribution < 1.29 is 32.2 Å². The fourth-order valence-electron chi connectivity index (χ4n) is 8.05. The van der Waals surface area contributed by atoms with E-state index in [4.69, 9.17) is 9.47 Å². The minimum Gasteiger partial charge on any atom is -0.497 e. The van der Waals surface area contributed by atoms with Crippen LogP contribution in [0, 0.1) is 18.3 Å². The van der Waals surface area contributed by atoms with E-state index < -0.39 is 17.3 Å². The lowest BCUT2D eigenvalue weighted by Crippen LogP contribution is -2.59. The van der Waals surface area contributed by atoms with Crippen LogP contribution in [0.15, 0.2) is 66.7 Å². The summed E-state index contributed by atoms with van der Waals surface area (Å²) < 4.78 is 51.2. The number of anilines is 1. The van der Waals surface area contributed by atoms with E-state index in [0.29, 0.717) is 35.6 Å². The molecule has 2 amide bonds. The predicted molar refractivity (Wildman–Crippen MR) is 184 cm³/mol. The highest BCUT2D eigenvalue weighted by molar-refractivity contribution is 6.01. The number of ether oxygens (including phenoxy) is 2. The number of nitrogens with zero attached hydrogens (tertiary/aromatic N) is 1. The number of aromatic amines is 1. The molecule has 260 valence electrons. The lowest BCUT2D eigenvalue weighted by Gasteiger charge is -2.45. The van der Waals surface area contributed by atoms with Crippen molar-refractivity contribution in [2.45, 2.75) is 83.5 Å². The monoisotopic (exact) mass is 675 g/mol. The second kappa shape index (κ2) is 13.1. The third-order valence-electron chi connectivity index (χ3n) is 10.9. The molecule has 0 saturated heterocycles. The van der Waals surface area contributed by atoms with E-state index in [1.54, 1.807) is 30.2 Å². The molecule has 2 aliphatic carbocycles. The summed E-state index contributed by atoms with van der Waals surface area (Å²) in [4.78, 5) is 34.5. The molecule has 2 saturated carbocycles. The van der Waals surface area contributed by atoms with E-state index in [1.807, 2.05) is 12.1 Å². The van der Waals surface area contributed by atoms with Gasteiger partial charge in [0.1, 0.15) is 17.0 Å². The highest BCUT2D eigenvalue weighted by Gasteiger charge is 2.60. The Morgan fingerprint density at radius 3 is 2.31 bits per heavy atom. The normalized spacial score (nSPS) is 19.7. The Morgan fingerprint density at radius 2 is 1.65 bits per heavy atom. The molecule has 0 unspecified atom stereocenters. The van der Waals surface area contributed by atoms with Gasteiger partial charge in [0.05, 0.1) is 25.5 Å². The first-order valence-electron chi connectivity index (χ1n) is 16.9. The number of rotatable bonds is 10. The number of carbonyl (C=O) groups is 2. The molecule has 7 nitrogen and oxygen atoms in total. The van der Waals surface area contributed by atoms with E-state index >= 15 is 0 Å². The Labute approximate surface area is 285 Å². The number of aromatic nitrogens is 1. The standard InChI is InChI=1S/C39H44F3N3O4/c1-24-34(28-11-7-8-12-30(28)43-24)35-29(37(35,2)3)22-33(46)45(23-25-13-15-26(16-14-25)39(40,41)42)38(19-9-6-10-20-38)36(47)44-31-18-17-27(48-4)21-32(31)49-5/h7-8,11-18,21,29,35,43H,6,9-10,19-20,22-23H2,1-5H3,(H,44,47)/t29-,35-/m0/s1. The molecule has 6 rings (SSSR count). The first-order chi connectivity index (χ1) is 23.3. The maximum atomic E-state index is 14.8. The van der Waals surface area contributed by atoms with Gasteiger partial charge >= 0.3 is 6.18 Å². The number of methoxy groups -OCH3 is 2. The summed E-state index contributed by atoms with van der Waals surface area (Å²) in [6.07, 6.45) is -1.03. The van der Waals surface area contributed by atoms with Crippen molar-refractivity contribution in [1.82, 2.24) is 9.88 Å². The van der Waals surface area contributed by atoms with Crippen LogP contribution in [0.3, 0.4) is 0 Å². The number of hydrogen-bond acceptors (Lipinski definition) is 4. The molecule has 2 atom stereocenters. The fourth-order valence-corrected chi connectivity index (χ4v) is 8.05. The lowest BCUT2D eigenvalue weighted by molar-refractivity contribution is -0.149. The first kappa shape index (κ1) is 34.4. The molecule has 10 heteroatoms. The van der Waals surface area contributed by atoms with Gasteiger partial charge in [-0.15, -0.1) is 0 Å². The maximum absolute atomic E-state index is 14.8. The Balaban J connectivity index is 1.36. The Morgan fingerprint density at radius 1 is 0.959 bits per heavy atom. The van der Waals surface area contributed by atoms with Crippen molar-refractivity contribution in [3.05, 3.63) is 89.1 Å². The maximum Gasteiger partial charge on any atom is 0.416 e. The second-order valence-corrected chi connectivity index (χ2v) is 14.1. The van der Waals surface area contributed by atoms with Crippen LogP contribution in [-0.2, 0) is 22.3 Å². The zero-order chi connectivity index (χ0) is 35.1. The molecule has 0 radical (unpaired) electrons. The number of para-hydroxylation sites is 1. The largest absolute Gasteiger partial charge is 0.497 e. The quantitative estimate of drug-likeness (QED) is 0.176. The van der Waals surface area contributed by atoms with Crippen LogP contribution in [0.5, 0.6) is 11.5 Å². The van der Waals surface area contributed by atoms with Gasteiger partial charge in [-0.2, -0.15) is 13.2 Å². The van der Waals surface area contributed by atoms with E-state index in [1.165, 1.54) is 24.8 Å². The number of amides is 2. The minimum atomic E-state index is -4.48. The molecule has 4 aromatic rings. The molecule has 0 bridgehead atoms. The van der Waals surface area contributed by atoms with Crippen LogP contribution in [-0.4, -0.2) is 41.5 Å². The van der Waals surface area contributed by atoms with Gasteiger partial charge in [0.15, 0.2) is 0 Å². The lowest BCUT2D eigenvalue weighted by atomic mass is 9.78. The molecule has 1 aromatic heterocycles. The summed E-state index contributed by atoms with van der Waals surface area (Å²) in [6, 6.07) is 18.2. The molecule has 49 heavy (non-hydrogen) atoms. The summed E-state index contributed by atoms with van der Waals surface area (Å²) in [5.41, 5.74) is 2.16. The third kappa shape index (κ3) is 6.49. The average molecular weight is 676 g/mol. The zero-order valence-electron chi connectivity index (χ0n) is 28.7. The van der Waals surface area contributed by atoms with E-state index in [2.05, 4.69) is 43.2 Å². The minimum absolute atomic E-state index is 0.00800.